The highest BCUT2D eigenvalue weighted by Crippen LogP contribution is 2.31. The van der Waals surface area contributed by atoms with Crippen molar-refractivity contribution in [2.45, 2.75) is 25.9 Å². The summed E-state index contributed by atoms with van der Waals surface area (Å²) in [7, 11) is 0. The Morgan fingerprint density at radius 1 is 1.05 bits per heavy atom. The molecular weight excluding hydrogens is 326 g/mol. The van der Waals surface area contributed by atoms with E-state index >= 15 is 0 Å². The van der Waals surface area contributed by atoms with E-state index < -0.39 is 6.10 Å². The zero-order valence-corrected chi connectivity index (χ0v) is 13.8. The van der Waals surface area contributed by atoms with Gasteiger partial charge in [0.2, 0.25) is 0 Å². The van der Waals surface area contributed by atoms with Crippen LogP contribution in [0.4, 0.5) is 5.69 Å². The second-order valence-corrected chi connectivity index (χ2v) is 6.50. The number of aliphatic hydroxyl groups is 1. The van der Waals surface area contributed by atoms with Crippen LogP contribution in [-0.4, -0.2) is 18.2 Å². The van der Waals surface area contributed by atoms with Crippen LogP contribution in [0.3, 0.4) is 0 Å². The molecule has 0 amide bonds. The minimum absolute atomic E-state index is 0.427. The van der Waals surface area contributed by atoms with Crippen LogP contribution in [0.2, 0.25) is 0 Å². The Bertz CT molecular complexity index is 612. The number of halogens is 1. The molecule has 2 aromatic carbocycles. The molecule has 1 aliphatic heterocycles. The van der Waals surface area contributed by atoms with E-state index in [1.165, 1.54) is 16.8 Å². The van der Waals surface area contributed by atoms with Gasteiger partial charge in [-0.3, -0.25) is 0 Å². The summed E-state index contributed by atoms with van der Waals surface area (Å²) >= 11 is 3.66. The van der Waals surface area contributed by atoms with E-state index in [-0.39, 0.29) is 0 Å². The molecule has 0 spiro atoms. The van der Waals surface area contributed by atoms with Gasteiger partial charge in [0.05, 0.1) is 11.8 Å². The van der Waals surface area contributed by atoms with Gasteiger partial charge in [0.25, 0.3) is 0 Å². The Labute approximate surface area is 134 Å². The molecule has 0 aromatic heterocycles. The number of hydrogen-bond acceptors (Lipinski definition) is 2. The Hall–Kier alpha value is -1.32. The van der Waals surface area contributed by atoms with Crippen LogP contribution in [0, 0.1) is 0 Å². The molecule has 1 atom stereocenters. The smallest absolute Gasteiger partial charge is 0.0762 e. The average molecular weight is 346 g/mol. The summed E-state index contributed by atoms with van der Waals surface area (Å²) in [5.41, 5.74) is 5.10. The molecule has 2 nitrogen and oxygen atoms in total. The van der Waals surface area contributed by atoms with Crippen molar-refractivity contribution in [2.75, 3.05) is 18.0 Å². The van der Waals surface area contributed by atoms with Crippen LogP contribution in [0.1, 0.15) is 29.7 Å². The molecule has 0 bridgehead atoms. The molecule has 2 aromatic rings. The first-order valence-corrected chi connectivity index (χ1v) is 8.23. The molecule has 3 rings (SSSR count). The molecule has 110 valence electrons. The van der Waals surface area contributed by atoms with E-state index in [1.807, 2.05) is 12.1 Å². The third-order valence-electron chi connectivity index (χ3n) is 4.22. The van der Waals surface area contributed by atoms with Crippen LogP contribution in [0.5, 0.6) is 0 Å². The molecule has 21 heavy (non-hydrogen) atoms. The lowest BCUT2D eigenvalue weighted by Gasteiger charge is -2.24. The minimum atomic E-state index is -0.427. The summed E-state index contributed by atoms with van der Waals surface area (Å²) in [4.78, 5) is 2.43. The van der Waals surface area contributed by atoms with Gasteiger partial charge in [0.1, 0.15) is 0 Å². The topological polar surface area (TPSA) is 23.5 Å². The molecule has 0 radical (unpaired) electrons. The van der Waals surface area contributed by atoms with Gasteiger partial charge in [-0.2, -0.15) is 0 Å². The van der Waals surface area contributed by atoms with E-state index in [0.717, 1.165) is 36.0 Å². The van der Waals surface area contributed by atoms with Gasteiger partial charge < -0.3 is 10.0 Å². The molecule has 0 aliphatic carbocycles. The molecule has 1 aliphatic rings. The third kappa shape index (κ3) is 3.14. The SMILES string of the molecule is CC(O)c1ccc(N2CCc3ccccc3CC2)c(Br)c1. The number of rotatable bonds is 2. The number of nitrogens with zero attached hydrogens (tertiary/aromatic N) is 1. The zero-order valence-electron chi connectivity index (χ0n) is 12.2. The van der Waals surface area contributed by atoms with Crippen LogP contribution >= 0.6 is 15.9 Å². The van der Waals surface area contributed by atoms with E-state index in [1.54, 1.807) is 6.92 Å². The zero-order chi connectivity index (χ0) is 14.8. The number of anilines is 1. The summed E-state index contributed by atoms with van der Waals surface area (Å²) in [6.45, 7) is 3.86. The molecular formula is C18H20BrNO. The lowest BCUT2D eigenvalue weighted by atomic mass is 10.0. The van der Waals surface area contributed by atoms with Gasteiger partial charge in [-0.15, -0.1) is 0 Å². The first kappa shape index (κ1) is 14.6. The molecule has 1 heterocycles. The predicted molar refractivity (Wildman–Crippen MR) is 90.8 cm³/mol. The Morgan fingerprint density at radius 2 is 1.67 bits per heavy atom. The third-order valence-corrected chi connectivity index (χ3v) is 4.85. The van der Waals surface area contributed by atoms with Crippen LogP contribution in [0.15, 0.2) is 46.9 Å². The second-order valence-electron chi connectivity index (χ2n) is 5.64. The van der Waals surface area contributed by atoms with Crippen molar-refractivity contribution < 1.29 is 5.11 Å². The van der Waals surface area contributed by atoms with Gasteiger partial charge in [-0.1, -0.05) is 30.3 Å². The van der Waals surface area contributed by atoms with Crippen LogP contribution in [0.25, 0.3) is 0 Å². The maximum absolute atomic E-state index is 9.68. The summed E-state index contributed by atoms with van der Waals surface area (Å²) in [5, 5.41) is 9.68. The second kappa shape index (κ2) is 6.20. The van der Waals surface area contributed by atoms with Gasteiger partial charge in [-0.25, -0.2) is 0 Å². The van der Waals surface area contributed by atoms with Crippen molar-refractivity contribution >= 4 is 21.6 Å². The van der Waals surface area contributed by atoms with Crippen LogP contribution in [-0.2, 0) is 12.8 Å². The van der Waals surface area contributed by atoms with E-state index in [4.69, 9.17) is 0 Å². The standard InChI is InChI=1S/C18H20BrNO/c1-13(21)16-6-7-18(17(19)12-16)20-10-8-14-4-2-3-5-15(14)9-11-20/h2-7,12-13,21H,8-11H2,1H3. The quantitative estimate of drug-likeness (QED) is 0.885. The summed E-state index contributed by atoms with van der Waals surface area (Å²) in [5.74, 6) is 0. The van der Waals surface area contributed by atoms with Crippen molar-refractivity contribution in [3.05, 3.63) is 63.6 Å². The van der Waals surface area contributed by atoms with E-state index in [0.29, 0.717) is 0 Å². The van der Waals surface area contributed by atoms with Gasteiger partial charge in [-0.05, 0) is 64.5 Å². The molecule has 0 saturated heterocycles. The first-order chi connectivity index (χ1) is 10.1. The van der Waals surface area contributed by atoms with E-state index in [9.17, 15) is 5.11 Å². The highest BCUT2D eigenvalue weighted by molar-refractivity contribution is 9.10. The minimum Gasteiger partial charge on any atom is -0.389 e. The Morgan fingerprint density at radius 3 is 2.19 bits per heavy atom. The fourth-order valence-corrected chi connectivity index (χ4v) is 3.60. The maximum atomic E-state index is 9.68. The van der Waals surface area contributed by atoms with Gasteiger partial charge in [0, 0.05) is 17.6 Å². The first-order valence-electron chi connectivity index (χ1n) is 7.44. The van der Waals surface area contributed by atoms with Crippen molar-refractivity contribution in [3.8, 4) is 0 Å². The van der Waals surface area contributed by atoms with Gasteiger partial charge >= 0.3 is 0 Å². The Kier molecular flexibility index (Phi) is 4.32. The normalized spacial score (nSPS) is 16.2. The molecule has 0 saturated carbocycles. The lowest BCUT2D eigenvalue weighted by Crippen LogP contribution is -2.26. The average Bonchev–Trinajstić information content (AvgIpc) is 2.70. The van der Waals surface area contributed by atoms with Crippen molar-refractivity contribution in [1.29, 1.82) is 0 Å². The highest BCUT2D eigenvalue weighted by atomic mass is 79.9. The number of benzene rings is 2. The lowest BCUT2D eigenvalue weighted by molar-refractivity contribution is 0.199. The van der Waals surface area contributed by atoms with Crippen molar-refractivity contribution in [2.24, 2.45) is 0 Å². The Balaban J connectivity index is 1.83. The fourth-order valence-electron chi connectivity index (χ4n) is 2.95. The summed E-state index contributed by atoms with van der Waals surface area (Å²) < 4.78 is 1.06. The molecule has 1 unspecified atom stereocenters. The largest absolute Gasteiger partial charge is 0.389 e. The summed E-state index contributed by atoms with van der Waals surface area (Å²) in [6.07, 6.45) is 1.74. The maximum Gasteiger partial charge on any atom is 0.0762 e. The molecule has 0 fully saturated rings. The van der Waals surface area contributed by atoms with E-state index in [2.05, 4.69) is 51.2 Å². The number of aliphatic hydroxyl groups excluding tert-OH is 1. The van der Waals surface area contributed by atoms with Crippen molar-refractivity contribution in [1.82, 2.24) is 0 Å². The number of hydrogen-bond donors (Lipinski definition) is 1. The van der Waals surface area contributed by atoms with Crippen molar-refractivity contribution in [3.63, 3.8) is 0 Å². The fraction of sp³-hybridized carbons (Fsp3) is 0.333. The van der Waals surface area contributed by atoms with Crippen LogP contribution < -0.4 is 4.90 Å². The molecule has 3 heteroatoms. The number of fused-ring (bicyclic) bond motifs is 1. The monoisotopic (exact) mass is 345 g/mol. The summed E-state index contributed by atoms with van der Waals surface area (Å²) in [6, 6.07) is 14.9. The predicted octanol–water partition coefficient (Wildman–Crippen LogP) is 4.11. The highest BCUT2D eigenvalue weighted by Gasteiger charge is 2.16. The molecule has 1 N–H and O–H groups in total. The van der Waals surface area contributed by atoms with Gasteiger partial charge in [0.15, 0.2) is 0 Å².